The molecule has 0 aliphatic rings. The molecule has 0 aliphatic carbocycles. The van der Waals surface area contributed by atoms with Crippen LogP contribution in [0.15, 0.2) is 48.5 Å². The number of rotatable bonds is 6. The number of ether oxygens (including phenoxy) is 1. The molecule has 0 N–H and O–H groups in total. The molecule has 0 spiro atoms. The SMILES string of the molecule is C[CH-]CCCc1cccc(Oc2ccc(F)cc2)c1.[K+]. The standard InChI is InChI=1S/C17H18FO.K/c1-2-3-4-6-14-7-5-8-17(13-14)19-16-11-9-15(18)10-12-16;/h2,5,7-13H,3-4,6H2,1H3;/q-1;+1. The topological polar surface area (TPSA) is 9.23 Å². The molecule has 2 rings (SSSR count). The van der Waals surface area contributed by atoms with Crippen molar-refractivity contribution in [1.29, 1.82) is 0 Å². The van der Waals surface area contributed by atoms with Gasteiger partial charge >= 0.3 is 51.4 Å². The first-order valence-corrected chi connectivity index (χ1v) is 6.58. The van der Waals surface area contributed by atoms with E-state index in [1.54, 1.807) is 12.1 Å². The maximum Gasteiger partial charge on any atom is 1.00 e. The van der Waals surface area contributed by atoms with Crippen molar-refractivity contribution in [3.05, 3.63) is 66.3 Å². The summed E-state index contributed by atoms with van der Waals surface area (Å²) >= 11 is 0. The maximum absolute atomic E-state index is 12.8. The third-order valence-electron chi connectivity index (χ3n) is 2.91. The van der Waals surface area contributed by atoms with E-state index in [0.29, 0.717) is 5.75 Å². The molecule has 0 amide bonds. The molecule has 0 saturated carbocycles. The predicted molar refractivity (Wildman–Crippen MR) is 75.8 cm³/mol. The van der Waals surface area contributed by atoms with Gasteiger partial charge in [-0.25, -0.2) is 4.39 Å². The Kier molecular flexibility index (Phi) is 8.65. The molecule has 0 radical (unpaired) electrons. The van der Waals surface area contributed by atoms with E-state index in [1.807, 2.05) is 18.2 Å². The van der Waals surface area contributed by atoms with Gasteiger partial charge in [-0.3, -0.25) is 0 Å². The first kappa shape index (κ1) is 17.9. The summed E-state index contributed by atoms with van der Waals surface area (Å²) in [7, 11) is 0. The second-order valence-electron chi connectivity index (χ2n) is 4.50. The molecule has 0 aliphatic heterocycles. The summed E-state index contributed by atoms with van der Waals surface area (Å²) in [6, 6.07) is 14.1. The molecule has 0 atom stereocenters. The first-order valence-electron chi connectivity index (χ1n) is 6.58. The van der Waals surface area contributed by atoms with Gasteiger partial charge in [0.1, 0.15) is 17.3 Å². The molecular weight excluding hydrogens is 278 g/mol. The van der Waals surface area contributed by atoms with Crippen LogP contribution in [0.1, 0.15) is 25.3 Å². The Morgan fingerprint density at radius 3 is 2.50 bits per heavy atom. The van der Waals surface area contributed by atoms with Crippen LogP contribution in [0.5, 0.6) is 11.5 Å². The third kappa shape index (κ3) is 6.06. The van der Waals surface area contributed by atoms with Gasteiger partial charge < -0.3 is 11.2 Å². The van der Waals surface area contributed by atoms with Gasteiger partial charge in [0.2, 0.25) is 0 Å². The molecule has 0 fully saturated rings. The summed E-state index contributed by atoms with van der Waals surface area (Å²) in [5.41, 5.74) is 1.27. The van der Waals surface area contributed by atoms with Crippen molar-refractivity contribution in [2.75, 3.05) is 0 Å². The van der Waals surface area contributed by atoms with E-state index in [-0.39, 0.29) is 57.2 Å². The molecule has 2 aromatic carbocycles. The Morgan fingerprint density at radius 1 is 1.05 bits per heavy atom. The van der Waals surface area contributed by atoms with Crippen molar-refractivity contribution in [3.63, 3.8) is 0 Å². The molecule has 3 heteroatoms. The maximum atomic E-state index is 12.8. The molecule has 0 bridgehead atoms. The van der Waals surface area contributed by atoms with Crippen molar-refractivity contribution in [1.82, 2.24) is 0 Å². The van der Waals surface area contributed by atoms with Crippen LogP contribution in [0.2, 0.25) is 0 Å². The van der Waals surface area contributed by atoms with Gasteiger partial charge in [-0.15, -0.1) is 0 Å². The van der Waals surface area contributed by atoms with Crippen molar-refractivity contribution in [2.45, 2.75) is 26.2 Å². The van der Waals surface area contributed by atoms with Crippen LogP contribution in [0.4, 0.5) is 4.39 Å². The Balaban J connectivity index is 0.00000200. The van der Waals surface area contributed by atoms with Crippen LogP contribution < -0.4 is 56.1 Å². The van der Waals surface area contributed by atoms with E-state index in [0.717, 1.165) is 25.0 Å². The van der Waals surface area contributed by atoms with E-state index in [4.69, 9.17) is 4.74 Å². The molecule has 100 valence electrons. The Labute approximate surface area is 163 Å². The van der Waals surface area contributed by atoms with E-state index >= 15 is 0 Å². The zero-order chi connectivity index (χ0) is 13.5. The third-order valence-corrected chi connectivity index (χ3v) is 2.91. The number of aryl methyl sites for hydroxylation is 1. The van der Waals surface area contributed by atoms with Gasteiger partial charge in [0, 0.05) is 0 Å². The second kappa shape index (κ2) is 9.69. The fourth-order valence-electron chi connectivity index (χ4n) is 1.91. The van der Waals surface area contributed by atoms with E-state index < -0.39 is 0 Å². The van der Waals surface area contributed by atoms with Crippen LogP contribution in [-0.2, 0) is 6.42 Å². The van der Waals surface area contributed by atoms with Crippen LogP contribution >= 0.6 is 0 Å². The fraction of sp³-hybridized carbons (Fsp3) is 0.235. The van der Waals surface area contributed by atoms with E-state index in [9.17, 15) is 4.39 Å². The van der Waals surface area contributed by atoms with Gasteiger partial charge in [-0.1, -0.05) is 18.6 Å². The summed E-state index contributed by atoms with van der Waals surface area (Å²) < 4.78 is 18.5. The van der Waals surface area contributed by atoms with Crippen molar-refractivity contribution >= 4 is 0 Å². The zero-order valence-electron chi connectivity index (χ0n) is 12.1. The molecule has 0 saturated heterocycles. The summed E-state index contributed by atoms with van der Waals surface area (Å²) in [6.07, 6.45) is 5.50. The molecule has 2 aromatic rings. The van der Waals surface area contributed by atoms with Crippen LogP contribution in [-0.4, -0.2) is 0 Å². The second-order valence-corrected chi connectivity index (χ2v) is 4.50. The van der Waals surface area contributed by atoms with Gasteiger partial charge in [-0.05, 0) is 48.4 Å². The number of hydrogen-bond donors (Lipinski definition) is 0. The van der Waals surface area contributed by atoms with Gasteiger partial charge in [0.15, 0.2) is 0 Å². The number of benzene rings is 2. The molecule has 0 aromatic heterocycles. The van der Waals surface area contributed by atoms with Gasteiger partial charge in [0.25, 0.3) is 0 Å². The average Bonchev–Trinajstić information content (AvgIpc) is 2.42. The first-order chi connectivity index (χ1) is 9.28. The Morgan fingerprint density at radius 2 is 1.80 bits per heavy atom. The number of halogens is 1. The number of unbranched alkanes of at least 4 members (excludes halogenated alkanes) is 2. The molecule has 0 heterocycles. The molecule has 0 unspecified atom stereocenters. The van der Waals surface area contributed by atoms with Gasteiger partial charge in [0.05, 0.1) is 0 Å². The summed E-state index contributed by atoms with van der Waals surface area (Å²) in [5.74, 6) is 1.20. The van der Waals surface area contributed by atoms with Gasteiger partial charge in [-0.2, -0.15) is 13.3 Å². The molecule has 20 heavy (non-hydrogen) atoms. The van der Waals surface area contributed by atoms with Crippen LogP contribution in [0.3, 0.4) is 0 Å². The normalized spacial score (nSPS) is 9.90. The summed E-state index contributed by atoms with van der Waals surface area (Å²) in [6.45, 7) is 2.08. The fourth-order valence-corrected chi connectivity index (χ4v) is 1.91. The molecule has 1 nitrogen and oxygen atoms in total. The average molecular weight is 296 g/mol. The minimum atomic E-state index is -0.253. The molecular formula is C17H18FKO. The monoisotopic (exact) mass is 296 g/mol. The Hall–Kier alpha value is -0.194. The predicted octanol–water partition coefficient (Wildman–Crippen LogP) is 2.17. The van der Waals surface area contributed by atoms with Crippen molar-refractivity contribution in [3.8, 4) is 11.5 Å². The zero-order valence-corrected chi connectivity index (χ0v) is 15.2. The van der Waals surface area contributed by atoms with Crippen molar-refractivity contribution in [2.24, 2.45) is 0 Å². The minimum Gasteiger partial charge on any atom is -0.457 e. The van der Waals surface area contributed by atoms with E-state index in [2.05, 4.69) is 19.4 Å². The van der Waals surface area contributed by atoms with Crippen molar-refractivity contribution < 1.29 is 60.5 Å². The quantitative estimate of drug-likeness (QED) is 0.451. The van der Waals surface area contributed by atoms with Crippen LogP contribution in [0.25, 0.3) is 0 Å². The summed E-state index contributed by atoms with van der Waals surface area (Å²) in [5, 5.41) is 0. The van der Waals surface area contributed by atoms with Crippen LogP contribution in [0, 0.1) is 12.2 Å². The smallest absolute Gasteiger partial charge is 0.457 e. The van der Waals surface area contributed by atoms with E-state index in [1.165, 1.54) is 17.7 Å². The minimum absolute atomic E-state index is 0. The number of hydrogen-bond acceptors (Lipinski definition) is 1. The summed E-state index contributed by atoms with van der Waals surface area (Å²) in [4.78, 5) is 0. The largest absolute Gasteiger partial charge is 1.00 e. The Bertz CT molecular complexity index is 511.